The zero-order valence-electron chi connectivity index (χ0n) is 10.0. The van der Waals surface area contributed by atoms with Crippen molar-refractivity contribution in [1.82, 2.24) is 5.32 Å². The fourth-order valence-electron chi connectivity index (χ4n) is 1.64. The highest BCUT2D eigenvalue weighted by atomic mass is 16.5. The fourth-order valence-corrected chi connectivity index (χ4v) is 1.64. The summed E-state index contributed by atoms with van der Waals surface area (Å²) in [5.41, 5.74) is 0.727. The van der Waals surface area contributed by atoms with Crippen molar-refractivity contribution < 1.29 is 24.5 Å². The number of anilines is 1. The van der Waals surface area contributed by atoms with E-state index in [4.69, 9.17) is 14.9 Å². The zero-order chi connectivity index (χ0) is 13.8. The minimum atomic E-state index is -0.714. The summed E-state index contributed by atoms with van der Waals surface area (Å²) in [6.45, 7) is -0.754. The summed E-state index contributed by atoms with van der Waals surface area (Å²) in [6.07, 6.45) is 0. The second-order valence-electron chi connectivity index (χ2n) is 4.08. The molecule has 4 N–H and O–H groups in total. The van der Waals surface area contributed by atoms with Crippen LogP contribution in [0.4, 0.5) is 5.69 Å². The lowest BCUT2D eigenvalue weighted by Gasteiger charge is -2.19. The van der Waals surface area contributed by atoms with E-state index < -0.39 is 11.9 Å². The first-order valence-electron chi connectivity index (χ1n) is 5.73. The maximum Gasteiger partial charge on any atom is 0.262 e. The topological polar surface area (TPSA) is 108 Å². The Morgan fingerprint density at radius 3 is 2.84 bits per heavy atom. The van der Waals surface area contributed by atoms with Gasteiger partial charge < -0.3 is 25.6 Å². The van der Waals surface area contributed by atoms with Crippen LogP contribution in [0, 0.1) is 0 Å². The first-order valence-corrected chi connectivity index (χ1v) is 5.73. The van der Waals surface area contributed by atoms with Crippen molar-refractivity contribution >= 4 is 17.5 Å². The molecule has 7 nitrogen and oxygen atoms in total. The summed E-state index contributed by atoms with van der Waals surface area (Å²) >= 11 is 0. The summed E-state index contributed by atoms with van der Waals surface area (Å²) in [7, 11) is 0. The van der Waals surface area contributed by atoms with E-state index in [0.29, 0.717) is 17.0 Å². The van der Waals surface area contributed by atoms with Crippen LogP contribution >= 0.6 is 0 Å². The summed E-state index contributed by atoms with van der Waals surface area (Å²) in [6, 6.07) is 3.89. The van der Waals surface area contributed by atoms with Crippen LogP contribution in [-0.4, -0.2) is 47.9 Å². The van der Waals surface area contributed by atoms with Gasteiger partial charge in [0.05, 0.1) is 24.9 Å². The fraction of sp³-hybridized carbons (Fsp3) is 0.333. The second-order valence-corrected chi connectivity index (χ2v) is 4.08. The van der Waals surface area contributed by atoms with Gasteiger partial charge in [0, 0.05) is 5.56 Å². The lowest BCUT2D eigenvalue weighted by atomic mass is 10.1. The molecule has 7 heteroatoms. The Morgan fingerprint density at radius 1 is 1.42 bits per heavy atom. The molecular formula is C12H14N2O5. The van der Waals surface area contributed by atoms with Crippen LogP contribution < -0.4 is 15.4 Å². The van der Waals surface area contributed by atoms with Crippen molar-refractivity contribution in [3.63, 3.8) is 0 Å². The number of rotatable bonds is 4. The lowest BCUT2D eigenvalue weighted by Crippen LogP contribution is -2.40. The third-order valence-corrected chi connectivity index (χ3v) is 2.65. The van der Waals surface area contributed by atoms with Crippen molar-refractivity contribution in [3.8, 4) is 5.75 Å². The normalized spacial score (nSPS) is 13.5. The molecule has 0 spiro atoms. The molecule has 0 unspecified atom stereocenters. The van der Waals surface area contributed by atoms with E-state index in [-0.39, 0.29) is 25.7 Å². The number of hydrogen-bond acceptors (Lipinski definition) is 5. The van der Waals surface area contributed by atoms with Crippen LogP contribution in [0.5, 0.6) is 5.75 Å². The molecule has 0 bridgehead atoms. The van der Waals surface area contributed by atoms with E-state index in [0.717, 1.165) is 0 Å². The van der Waals surface area contributed by atoms with Gasteiger partial charge in [-0.1, -0.05) is 0 Å². The molecule has 1 aliphatic heterocycles. The van der Waals surface area contributed by atoms with Crippen LogP contribution in [0.2, 0.25) is 0 Å². The molecule has 1 aromatic carbocycles. The van der Waals surface area contributed by atoms with E-state index in [9.17, 15) is 9.59 Å². The molecule has 0 fully saturated rings. The van der Waals surface area contributed by atoms with Gasteiger partial charge in [-0.05, 0) is 18.2 Å². The molecule has 0 saturated heterocycles. The van der Waals surface area contributed by atoms with Gasteiger partial charge in [0.15, 0.2) is 6.61 Å². The molecule has 102 valence electrons. The Balaban J connectivity index is 2.15. The number of carbonyl (C=O) groups excluding carboxylic acids is 2. The van der Waals surface area contributed by atoms with Gasteiger partial charge in [0.2, 0.25) is 0 Å². The van der Waals surface area contributed by atoms with Crippen LogP contribution in [0.1, 0.15) is 10.4 Å². The standard InChI is InChI=1S/C12H14N2O5/c15-4-8(5-16)13-12(18)7-1-2-10-9(3-7)14-11(17)6-19-10/h1-3,8,15-16H,4-6H2,(H,13,18)(H,14,17). The Bertz CT molecular complexity index is 499. The first-order chi connectivity index (χ1) is 9.13. The van der Waals surface area contributed by atoms with Gasteiger partial charge in [-0.15, -0.1) is 0 Å². The average Bonchev–Trinajstić information content (AvgIpc) is 2.43. The maximum absolute atomic E-state index is 11.9. The second kappa shape index (κ2) is 5.68. The highest BCUT2D eigenvalue weighted by Gasteiger charge is 2.18. The van der Waals surface area contributed by atoms with Crippen LogP contribution in [-0.2, 0) is 4.79 Å². The van der Waals surface area contributed by atoms with Crippen LogP contribution in [0.3, 0.4) is 0 Å². The number of ether oxygens (including phenoxy) is 1. The van der Waals surface area contributed by atoms with Crippen molar-refractivity contribution in [2.45, 2.75) is 6.04 Å². The Morgan fingerprint density at radius 2 is 2.16 bits per heavy atom. The van der Waals surface area contributed by atoms with Crippen LogP contribution in [0.15, 0.2) is 18.2 Å². The molecular weight excluding hydrogens is 252 g/mol. The SMILES string of the molecule is O=C1COc2ccc(C(=O)NC(CO)CO)cc2N1. The minimum Gasteiger partial charge on any atom is -0.482 e. The monoisotopic (exact) mass is 266 g/mol. The van der Waals surface area contributed by atoms with Gasteiger partial charge in [0.25, 0.3) is 11.8 Å². The third-order valence-electron chi connectivity index (χ3n) is 2.65. The van der Waals surface area contributed by atoms with E-state index in [1.807, 2.05) is 0 Å². The van der Waals surface area contributed by atoms with Crippen molar-refractivity contribution in [2.24, 2.45) is 0 Å². The third kappa shape index (κ3) is 3.01. The summed E-state index contributed by atoms with van der Waals surface area (Å²) in [4.78, 5) is 23.0. The predicted molar refractivity (Wildman–Crippen MR) is 66.0 cm³/mol. The van der Waals surface area contributed by atoms with E-state index >= 15 is 0 Å². The highest BCUT2D eigenvalue weighted by Crippen LogP contribution is 2.28. The molecule has 1 aliphatic rings. The largest absolute Gasteiger partial charge is 0.482 e. The van der Waals surface area contributed by atoms with Crippen molar-refractivity contribution in [2.75, 3.05) is 25.1 Å². The molecule has 0 radical (unpaired) electrons. The smallest absolute Gasteiger partial charge is 0.262 e. The zero-order valence-corrected chi connectivity index (χ0v) is 10.0. The number of amides is 2. The van der Waals surface area contributed by atoms with E-state index in [1.165, 1.54) is 12.1 Å². The summed E-state index contributed by atoms with van der Waals surface area (Å²) < 4.78 is 5.17. The number of nitrogens with one attached hydrogen (secondary N) is 2. The number of hydrogen-bond donors (Lipinski definition) is 4. The van der Waals surface area contributed by atoms with Gasteiger partial charge in [-0.25, -0.2) is 0 Å². The molecule has 0 aliphatic carbocycles. The highest BCUT2D eigenvalue weighted by molar-refractivity contribution is 5.99. The minimum absolute atomic E-state index is 0.0460. The number of carbonyl (C=O) groups is 2. The lowest BCUT2D eigenvalue weighted by molar-refractivity contribution is -0.118. The molecule has 0 atom stereocenters. The van der Waals surface area contributed by atoms with Gasteiger partial charge in [-0.2, -0.15) is 0 Å². The van der Waals surface area contributed by atoms with Crippen molar-refractivity contribution in [3.05, 3.63) is 23.8 Å². The van der Waals surface area contributed by atoms with Gasteiger partial charge in [-0.3, -0.25) is 9.59 Å². The summed E-state index contributed by atoms with van der Waals surface area (Å²) in [5.74, 6) is -0.235. The van der Waals surface area contributed by atoms with Crippen molar-refractivity contribution in [1.29, 1.82) is 0 Å². The number of aliphatic hydroxyl groups excluding tert-OH is 2. The quantitative estimate of drug-likeness (QED) is 0.565. The molecule has 0 aromatic heterocycles. The Labute approximate surface area is 109 Å². The Kier molecular flexibility index (Phi) is 3.98. The molecule has 19 heavy (non-hydrogen) atoms. The number of aliphatic hydroxyl groups is 2. The first kappa shape index (κ1) is 13.3. The molecule has 0 saturated carbocycles. The maximum atomic E-state index is 11.9. The van der Waals surface area contributed by atoms with E-state index in [1.54, 1.807) is 6.07 Å². The average molecular weight is 266 g/mol. The Hall–Kier alpha value is -2.12. The molecule has 2 amide bonds. The molecule has 1 heterocycles. The molecule has 1 aromatic rings. The van der Waals surface area contributed by atoms with E-state index in [2.05, 4.69) is 10.6 Å². The molecule has 2 rings (SSSR count). The number of fused-ring (bicyclic) bond motifs is 1. The van der Waals surface area contributed by atoms with Gasteiger partial charge >= 0.3 is 0 Å². The van der Waals surface area contributed by atoms with Crippen LogP contribution in [0.25, 0.3) is 0 Å². The summed E-state index contributed by atoms with van der Waals surface area (Å²) in [5, 5.41) is 22.8. The van der Waals surface area contributed by atoms with Gasteiger partial charge in [0.1, 0.15) is 5.75 Å². The predicted octanol–water partition coefficient (Wildman–Crippen LogP) is -0.900. The number of benzene rings is 1.